The number of hydrogen-bond donors (Lipinski definition) is 0. The van der Waals surface area contributed by atoms with Crippen molar-refractivity contribution in [2.45, 2.75) is 12.6 Å². The number of dihydropyridines is 1. The maximum absolute atomic E-state index is 14.1. The Hall–Kier alpha value is -2.34. The Balaban J connectivity index is 1.70. The van der Waals surface area contributed by atoms with Gasteiger partial charge >= 0.3 is 6.18 Å². The lowest BCUT2D eigenvalue weighted by Crippen LogP contribution is -2.15. The highest BCUT2D eigenvalue weighted by atomic mass is 35.5. The first-order valence-corrected chi connectivity index (χ1v) is 8.58. The molecule has 2 aromatic rings. The van der Waals surface area contributed by atoms with Crippen LogP contribution in [0.3, 0.4) is 0 Å². The van der Waals surface area contributed by atoms with Crippen LogP contribution < -0.4 is 4.74 Å². The van der Waals surface area contributed by atoms with Crippen LogP contribution in [-0.4, -0.2) is 19.4 Å². The van der Waals surface area contributed by atoms with E-state index in [4.69, 9.17) is 16.3 Å². The predicted molar refractivity (Wildman–Crippen MR) is 97.1 cm³/mol. The van der Waals surface area contributed by atoms with E-state index in [2.05, 4.69) is 4.99 Å². The summed E-state index contributed by atoms with van der Waals surface area (Å²) in [5.74, 6) is -0.0299. The monoisotopic (exact) mass is 397 g/mol. The zero-order chi connectivity index (χ0) is 19.6. The van der Waals surface area contributed by atoms with Gasteiger partial charge < -0.3 is 4.74 Å². The number of ether oxygens (including phenoxy) is 1. The van der Waals surface area contributed by atoms with Gasteiger partial charge in [-0.2, -0.15) is 13.2 Å². The van der Waals surface area contributed by atoms with Gasteiger partial charge in [0.25, 0.3) is 0 Å². The average molecular weight is 398 g/mol. The maximum Gasteiger partial charge on any atom is 0.416 e. The van der Waals surface area contributed by atoms with Crippen molar-refractivity contribution in [3.05, 3.63) is 76.1 Å². The Labute approximate surface area is 159 Å². The van der Waals surface area contributed by atoms with Crippen molar-refractivity contribution in [1.29, 1.82) is 0 Å². The van der Waals surface area contributed by atoms with Crippen LogP contribution >= 0.6 is 11.6 Å². The molecule has 3 rings (SSSR count). The minimum atomic E-state index is -4.42. The van der Waals surface area contributed by atoms with Gasteiger partial charge in [-0.3, -0.25) is 4.99 Å². The second kappa shape index (κ2) is 7.72. The van der Waals surface area contributed by atoms with Gasteiger partial charge in [-0.25, -0.2) is 4.39 Å². The SMILES string of the molecule is COc1ccc(C2=NC[C@H](Cc3ccc(C(F)(F)F)cc3Cl)C=C2)c(F)c1. The summed E-state index contributed by atoms with van der Waals surface area (Å²) < 4.78 is 57.3. The Bertz CT molecular complexity index is 905. The Morgan fingerprint density at radius 2 is 1.96 bits per heavy atom. The molecule has 2 aromatic carbocycles. The van der Waals surface area contributed by atoms with E-state index in [1.54, 1.807) is 18.2 Å². The number of hydrogen-bond acceptors (Lipinski definition) is 2. The molecule has 2 nitrogen and oxygen atoms in total. The van der Waals surface area contributed by atoms with E-state index in [9.17, 15) is 17.6 Å². The Morgan fingerprint density at radius 3 is 2.52 bits per heavy atom. The summed E-state index contributed by atoms with van der Waals surface area (Å²) in [6.07, 6.45) is -0.374. The standard InChI is InChI=1S/C20H16ClF4NO/c1-27-15-5-6-16(18(22)10-15)19-7-2-12(11-26-19)8-13-3-4-14(9-17(13)21)20(23,24)25/h2-7,9-10,12H,8,11H2,1H3/t12-/m0/s1. The van der Waals surface area contributed by atoms with E-state index in [0.717, 1.165) is 12.1 Å². The highest BCUT2D eigenvalue weighted by molar-refractivity contribution is 6.31. The number of alkyl halides is 3. The van der Waals surface area contributed by atoms with Gasteiger partial charge in [-0.15, -0.1) is 0 Å². The van der Waals surface area contributed by atoms with E-state index in [1.807, 2.05) is 6.08 Å². The van der Waals surface area contributed by atoms with Crippen LogP contribution in [-0.2, 0) is 12.6 Å². The fourth-order valence-corrected chi connectivity index (χ4v) is 3.12. The first-order valence-electron chi connectivity index (χ1n) is 8.20. The number of rotatable bonds is 4. The molecule has 1 heterocycles. The molecule has 0 aliphatic carbocycles. The highest BCUT2D eigenvalue weighted by Crippen LogP contribution is 2.33. The molecule has 0 saturated carbocycles. The Kier molecular flexibility index (Phi) is 5.56. The number of nitrogens with zero attached hydrogens (tertiary/aromatic N) is 1. The van der Waals surface area contributed by atoms with E-state index < -0.39 is 17.6 Å². The molecule has 7 heteroatoms. The van der Waals surface area contributed by atoms with Crippen LogP contribution in [0, 0.1) is 11.7 Å². The fourth-order valence-electron chi connectivity index (χ4n) is 2.87. The van der Waals surface area contributed by atoms with Crippen molar-refractivity contribution in [2.75, 3.05) is 13.7 Å². The normalized spacial score (nSPS) is 17.0. The topological polar surface area (TPSA) is 21.6 Å². The quantitative estimate of drug-likeness (QED) is 0.604. The smallest absolute Gasteiger partial charge is 0.416 e. The van der Waals surface area contributed by atoms with Gasteiger partial charge in [0.2, 0.25) is 0 Å². The lowest BCUT2D eigenvalue weighted by Gasteiger charge is -2.18. The minimum absolute atomic E-state index is 0.0238. The van der Waals surface area contributed by atoms with Gasteiger partial charge in [0.05, 0.1) is 18.4 Å². The fraction of sp³-hybridized carbons (Fsp3) is 0.250. The zero-order valence-electron chi connectivity index (χ0n) is 14.4. The summed E-state index contributed by atoms with van der Waals surface area (Å²) in [6, 6.07) is 7.90. The molecule has 0 saturated heterocycles. The number of halogens is 5. The molecule has 0 bridgehead atoms. The molecule has 27 heavy (non-hydrogen) atoms. The third-order valence-electron chi connectivity index (χ3n) is 4.34. The second-order valence-corrected chi connectivity index (χ2v) is 6.61. The van der Waals surface area contributed by atoms with Crippen LogP contribution in [0.4, 0.5) is 17.6 Å². The first-order chi connectivity index (χ1) is 12.8. The molecule has 0 N–H and O–H groups in total. The summed E-state index contributed by atoms with van der Waals surface area (Å²) in [4.78, 5) is 4.41. The van der Waals surface area contributed by atoms with Crippen LogP contribution in [0.1, 0.15) is 16.7 Å². The second-order valence-electron chi connectivity index (χ2n) is 6.20. The predicted octanol–water partition coefficient (Wildman–Crippen LogP) is 5.72. The number of aliphatic imine (C=N–C) groups is 1. The molecule has 0 unspecified atom stereocenters. The van der Waals surface area contributed by atoms with Crippen LogP contribution in [0.25, 0.3) is 0 Å². The van der Waals surface area contributed by atoms with Crippen molar-refractivity contribution in [1.82, 2.24) is 0 Å². The van der Waals surface area contributed by atoms with Gasteiger partial charge in [0, 0.05) is 29.1 Å². The van der Waals surface area contributed by atoms with Gasteiger partial charge in [-0.05, 0) is 42.3 Å². The largest absolute Gasteiger partial charge is 0.497 e. The summed E-state index contributed by atoms with van der Waals surface area (Å²) >= 11 is 6.01. The van der Waals surface area contributed by atoms with Gasteiger partial charge in [0.1, 0.15) is 11.6 Å². The molecule has 1 aliphatic rings. The van der Waals surface area contributed by atoms with E-state index in [-0.39, 0.29) is 10.9 Å². The van der Waals surface area contributed by atoms with Gasteiger partial charge in [-0.1, -0.05) is 23.7 Å². The molecule has 142 valence electrons. The third-order valence-corrected chi connectivity index (χ3v) is 4.69. The average Bonchev–Trinajstić information content (AvgIpc) is 2.63. The maximum atomic E-state index is 14.1. The van der Waals surface area contributed by atoms with Crippen molar-refractivity contribution in [3.63, 3.8) is 0 Å². The lowest BCUT2D eigenvalue weighted by molar-refractivity contribution is -0.137. The van der Waals surface area contributed by atoms with Crippen LogP contribution in [0.5, 0.6) is 5.75 Å². The number of allylic oxidation sites excluding steroid dienone is 1. The highest BCUT2D eigenvalue weighted by Gasteiger charge is 2.31. The van der Waals surface area contributed by atoms with E-state index in [1.165, 1.54) is 19.2 Å². The summed E-state index contributed by atoms with van der Waals surface area (Å²) in [7, 11) is 1.46. The molecule has 0 aromatic heterocycles. The van der Waals surface area contributed by atoms with Crippen LogP contribution in [0.15, 0.2) is 53.5 Å². The van der Waals surface area contributed by atoms with Crippen molar-refractivity contribution < 1.29 is 22.3 Å². The van der Waals surface area contributed by atoms with Crippen molar-refractivity contribution in [2.24, 2.45) is 10.9 Å². The van der Waals surface area contributed by atoms with Crippen LogP contribution in [0.2, 0.25) is 5.02 Å². The summed E-state index contributed by atoms with van der Waals surface area (Å²) in [5.41, 5.74) is 0.738. The molecule has 0 spiro atoms. The first kappa shape index (κ1) is 19.4. The zero-order valence-corrected chi connectivity index (χ0v) is 15.1. The molecule has 1 aliphatic heterocycles. The molecule has 1 atom stereocenters. The number of benzene rings is 2. The summed E-state index contributed by atoms with van der Waals surface area (Å²) in [6.45, 7) is 0.397. The Morgan fingerprint density at radius 1 is 1.19 bits per heavy atom. The molecule has 0 radical (unpaired) electrons. The molecule has 0 amide bonds. The van der Waals surface area contributed by atoms with Crippen molar-refractivity contribution >= 4 is 17.3 Å². The van der Waals surface area contributed by atoms with Crippen molar-refractivity contribution in [3.8, 4) is 5.75 Å². The molecular weight excluding hydrogens is 382 g/mol. The van der Waals surface area contributed by atoms with E-state index >= 15 is 0 Å². The molecular formula is C20H16ClF4NO. The minimum Gasteiger partial charge on any atom is -0.497 e. The van der Waals surface area contributed by atoms with Gasteiger partial charge in [0.15, 0.2) is 0 Å². The molecule has 0 fully saturated rings. The lowest BCUT2D eigenvalue weighted by atomic mass is 9.94. The number of methoxy groups -OCH3 is 1. The van der Waals surface area contributed by atoms with E-state index in [0.29, 0.717) is 35.6 Å². The third kappa shape index (κ3) is 4.50. The summed E-state index contributed by atoms with van der Waals surface area (Å²) in [5, 5.41) is 0.0780.